The summed E-state index contributed by atoms with van der Waals surface area (Å²) in [6.45, 7) is 0. The summed E-state index contributed by atoms with van der Waals surface area (Å²) in [6, 6.07) is 2.22. The Kier molecular flexibility index (Phi) is 4.41. The average Bonchev–Trinajstić information content (AvgIpc) is 2.37. The molecule has 1 heterocycles. The van der Waals surface area contributed by atoms with E-state index in [9.17, 15) is 23.7 Å². The number of nitro groups is 1. The standard InChI is InChI=1S/C10H7F2N3O4/c1-19-8(16)3-7-5(4-13)2-6(9(11)12)10(14-7)15(17)18/h2,9H,3H2,1H3. The topological polar surface area (TPSA) is 106 Å². The maximum absolute atomic E-state index is 12.6. The fourth-order valence-electron chi connectivity index (χ4n) is 1.30. The smallest absolute Gasteiger partial charge is 0.372 e. The van der Waals surface area contributed by atoms with Crippen molar-refractivity contribution in [3.8, 4) is 6.07 Å². The van der Waals surface area contributed by atoms with Gasteiger partial charge in [-0.1, -0.05) is 0 Å². The molecule has 0 radical (unpaired) electrons. The molecule has 1 aromatic rings. The number of rotatable bonds is 4. The van der Waals surface area contributed by atoms with E-state index in [0.29, 0.717) is 6.07 Å². The number of nitriles is 1. The number of aromatic nitrogens is 1. The number of hydrogen-bond donors (Lipinski definition) is 0. The lowest BCUT2D eigenvalue weighted by Gasteiger charge is -2.04. The molecule has 1 rings (SSSR count). The van der Waals surface area contributed by atoms with Crippen molar-refractivity contribution in [2.24, 2.45) is 0 Å². The maximum atomic E-state index is 12.6. The quantitative estimate of drug-likeness (QED) is 0.466. The predicted octanol–water partition coefficient (Wildman–Crippen LogP) is 1.51. The first-order chi connectivity index (χ1) is 8.90. The molecule has 0 unspecified atom stereocenters. The van der Waals surface area contributed by atoms with Gasteiger partial charge in [0.25, 0.3) is 6.43 Å². The first-order valence-corrected chi connectivity index (χ1v) is 4.84. The Hall–Kier alpha value is -2.63. The Morgan fingerprint density at radius 2 is 2.32 bits per heavy atom. The lowest BCUT2D eigenvalue weighted by molar-refractivity contribution is -0.391. The van der Waals surface area contributed by atoms with Crippen LogP contribution in [0, 0.1) is 21.4 Å². The summed E-state index contributed by atoms with van der Waals surface area (Å²) in [5.41, 5.74) is -1.56. The Bertz CT molecular complexity index is 569. The molecule has 0 bridgehead atoms. The molecule has 9 heteroatoms. The lowest BCUT2D eigenvalue weighted by Crippen LogP contribution is -2.11. The number of halogens is 2. The summed E-state index contributed by atoms with van der Waals surface area (Å²) in [5, 5.41) is 19.4. The number of nitrogens with zero attached hydrogens (tertiary/aromatic N) is 3. The number of carbonyl (C=O) groups is 1. The third-order valence-electron chi connectivity index (χ3n) is 2.18. The Morgan fingerprint density at radius 3 is 2.74 bits per heavy atom. The summed E-state index contributed by atoms with van der Waals surface area (Å²) in [4.78, 5) is 24.0. The minimum absolute atomic E-state index is 0.273. The van der Waals surface area contributed by atoms with Gasteiger partial charge in [0.1, 0.15) is 23.6 Å². The molecule has 0 N–H and O–H groups in total. The van der Waals surface area contributed by atoms with E-state index in [1.807, 2.05) is 0 Å². The summed E-state index contributed by atoms with van der Waals surface area (Å²) < 4.78 is 29.6. The molecule has 19 heavy (non-hydrogen) atoms. The Labute approximate surface area is 105 Å². The van der Waals surface area contributed by atoms with E-state index < -0.39 is 35.1 Å². The number of esters is 1. The minimum atomic E-state index is -3.15. The molecule has 0 saturated heterocycles. The normalized spacial score (nSPS) is 10.1. The molecule has 0 aliphatic carbocycles. The molecule has 1 aromatic heterocycles. The van der Waals surface area contributed by atoms with Crippen molar-refractivity contribution in [3.05, 3.63) is 33.0 Å². The van der Waals surface area contributed by atoms with Gasteiger partial charge in [-0.3, -0.25) is 4.79 Å². The third-order valence-corrected chi connectivity index (χ3v) is 2.18. The van der Waals surface area contributed by atoms with Gasteiger partial charge in [-0.05, 0) is 16.0 Å². The van der Waals surface area contributed by atoms with Crippen LogP contribution in [-0.4, -0.2) is 23.0 Å². The number of alkyl halides is 2. The van der Waals surface area contributed by atoms with Crippen LogP contribution in [0.5, 0.6) is 0 Å². The van der Waals surface area contributed by atoms with E-state index in [-0.39, 0.29) is 11.3 Å². The monoisotopic (exact) mass is 271 g/mol. The molecule has 0 aliphatic rings. The van der Waals surface area contributed by atoms with E-state index in [4.69, 9.17) is 5.26 Å². The second kappa shape index (κ2) is 5.81. The molecule has 0 aliphatic heterocycles. The van der Waals surface area contributed by atoms with E-state index in [1.165, 1.54) is 0 Å². The number of ether oxygens (including phenoxy) is 1. The molecule has 0 spiro atoms. The molecular formula is C10H7F2N3O4. The number of pyridine rings is 1. The van der Waals surface area contributed by atoms with Crippen LogP contribution in [0.25, 0.3) is 0 Å². The third kappa shape index (κ3) is 3.19. The van der Waals surface area contributed by atoms with Crippen molar-refractivity contribution < 1.29 is 23.2 Å². The highest BCUT2D eigenvalue weighted by molar-refractivity contribution is 5.73. The Balaban J connectivity index is 3.40. The Morgan fingerprint density at radius 1 is 1.68 bits per heavy atom. The number of carbonyl (C=O) groups excluding carboxylic acids is 1. The van der Waals surface area contributed by atoms with Gasteiger partial charge in [-0.25, -0.2) is 8.78 Å². The second-order valence-corrected chi connectivity index (χ2v) is 3.32. The average molecular weight is 271 g/mol. The fraction of sp³-hybridized carbons (Fsp3) is 0.300. The lowest BCUT2D eigenvalue weighted by atomic mass is 10.1. The van der Waals surface area contributed by atoms with E-state index >= 15 is 0 Å². The number of hydrogen-bond acceptors (Lipinski definition) is 6. The first-order valence-electron chi connectivity index (χ1n) is 4.84. The largest absolute Gasteiger partial charge is 0.469 e. The van der Waals surface area contributed by atoms with Gasteiger partial charge in [0, 0.05) is 0 Å². The van der Waals surface area contributed by atoms with Crippen molar-refractivity contribution >= 4 is 11.8 Å². The molecule has 0 amide bonds. The molecule has 0 fully saturated rings. The van der Waals surface area contributed by atoms with Crippen LogP contribution in [0.3, 0.4) is 0 Å². The van der Waals surface area contributed by atoms with Gasteiger partial charge in [0.05, 0.1) is 7.11 Å². The first kappa shape index (κ1) is 14.4. The van der Waals surface area contributed by atoms with Crippen molar-refractivity contribution in [1.29, 1.82) is 5.26 Å². The summed E-state index contributed by atoms with van der Waals surface area (Å²) >= 11 is 0. The van der Waals surface area contributed by atoms with Crippen molar-refractivity contribution in [2.75, 3.05) is 7.11 Å². The molecular weight excluding hydrogens is 264 g/mol. The van der Waals surface area contributed by atoms with Gasteiger partial charge in [0.15, 0.2) is 5.69 Å². The minimum Gasteiger partial charge on any atom is -0.469 e. The molecule has 0 aromatic carbocycles. The summed E-state index contributed by atoms with van der Waals surface area (Å²) in [6.07, 6.45) is -3.66. The van der Waals surface area contributed by atoms with E-state index in [2.05, 4.69) is 9.72 Å². The zero-order chi connectivity index (χ0) is 14.6. The van der Waals surface area contributed by atoms with Crippen LogP contribution < -0.4 is 0 Å². The van der Waals surface area contributed by atoms with E-state index in [1.54, 1.807) is 6.07 Å². The zero-order valence-corrected chi connectivity index (χ0v) is 9.59. The highest BCUT2D eigenvalue weighted by Crippen LogP contribution is 2.29. The SMILES string of the molecule is COC(=O)Cc1nc([N+](=O)[O-])c(C(F)F)cc1C#N. The van der Waals surface area contributed by atoms with Crippen LogP contribution in [-0.2, 0) is 16.0 Å². The van der Waals surface area contributed by atoms with Gasteiger partial charge < -0.3 is 14.9 Å². The number of methoxy groups -OCH3 is 1. The maximum Gasteiger partial charge on any atom is 0.372 e. The van der Waals surface area contributed by atoms with Gasteiger partial charge in [-0.15, -0.1) is 0 Å². The van der Waals surface area contributed by atoms with Gasteiger partial charge in [0.2, 0.25) is 0 Å². The van der Waals surface area contributed by atoms with Crippen molar-refractivity contribution in [1.82, 2.24) is 4.98 Å². The second-order valence-electron chi connectivity index (χ2n) is 3.32. The summed E-state index contributed by atoms with van der Waals surface area (Å²) in [7, 11) is 1.08. The fourth-order valence-corrected chi connectivity index (χ4v) is 1.30. The van der Waals surface area contributed by atoms with Gasteiger partial charge >= 0.3 is 11.8 Å². The van der Waals surface area contributed by atoms with Crippen LogP contribution in [0.2, 0.25) is 0 Å². The molecule has 7 nitrogen and oxygen atoms in total. The molecule has 0 atom stereocenters. The highest BCUT2D eigenvalue weighted by atomic mass is 19.3. The van der Waals surface area contributed by atoms with Crippen molar-refractivity contribution in [2.45, 2.75) is 12.8 Å². The van der Waals surface area contributed by atoms with Gasteiger partial charge in [-0.2, -0.15) is 5.26 Å². The predicted molar refractivity (Wildman–Crippen MR) is 56.3 cm³/mol. The zero-order valence-electron chi connectivity index (χ0n) is 9.59. The van der Waals surface area contributed by atoms with Crippen LogP contribution in [0.15, 0.2) is 6.07 Å². The van der Waals surface area contributed by atoms with Crippen molar-refractivity contribution in [3.63, 3.8) is 0 Å². The molecule has 100 valence electrons. The molecule has 0 saturated carbocycles. The van der Waals surface area contributed by atoms with E-state index in [0.717, 1.165) is 7.11 Å². The highest BCUT2D eigenvalue weighted by Gasteiger charge is 2.28. The van der Waals surface area contributed by atoms with Crippen LogP contribution in [0.4, 0.5) is 14.6 Å². The van der Waals surface area contributed by atoms with Crippen LogP contribution >= 0.6 is 0 Å². The van der Waals surface area contributed by atoms with Crippen LogP contribution in [0.1, 0.15) is 23.2 Å². The summed E-state index contributed by atoms with van der Waals surface area (Å²) in [5.74, 6) is -1.86.